The number of nitrogens with zero attached hydrogens (tertiary/aromatic N) is 2. The van der Waals surface area contributed by atoms with E-state index in [4.69, 9.17) is 0 Å². The molecule has 1 aliphatic rings. The molecular weight excluding hydrogens is 294 g/mol. The van der Waals surface area contributed by atoms with Gasteiger partial charge in [-0.25, -0.2) is 4.98 Å². The highest BCUT2D eigenvalue weighted by Gasteiger charge is 2.30. The summed E-state index contributed by atoms with van der Waals surface area (Å²) >= 11 is 1.60. The number of benzene rings is 1. The Hall–Kier alpha value is -1.72. The third-order valence-electron chi connectivity index (χ3n) is 3.98. The molecule has 1 atom stereocenters. The van der Waals surface area contributed by atoms with Crippen LogP contribution in [-0.4, -0.2) is 28.4 Å². The van der Waals surface area contributed by atoms with Crippen LogP contribution in [0.15, 0.2) is 35.7 Å². The zero-order valence-electron chi connectivity index (χ0n) is 12.8. The van der Waals surface area contributed by atoms with Gasteiger partial charge in [0.05, 0.1) is 12.6 Å². The zero-order chi connectivity index (χ0) is 15.4. The first-order valence-electron chi connectivity index (χ1n) is 7.69. The van der Waals surface area contributed by atoms with Crippen LogP contribution in [0.25, 0.3) is 0 Å². The second-order valence-electron chi connectivity index (χ2n) is 5.71. The first-order chi connectivity index (χ1) is 10.7. The van der Waals surface area contributed by atoms with E-state index in [9.17, 15) is 4.79 Å². The number of aromatic nitrogens is 1. The summed E-state index contributed by atoms with van der Waals surface area (Å²) in [5.74, 6) is 0.126. The van der Waals surface area contributed by atoms with E-state index in [2.05, 4.69) is 27.3 Å². The Bertz CT molecular complexity index is 626. The molecule has 1 aromatic carbocycles. The summed E-state index contributed by atoms with van der Waals surface area (Å²) in [6.45, 7) is 4.34. The number of hydrogen-bond donors (Lipinski definition) is 1. The van der Waals surface area contributed by atoms with E-state index in [1.807, 2.05) is 30.5 Å². The molecule has 2 aromatic rings. The number of aryl methyl sites for hydroxylation is 1. The predicted molar refractivity (Wildman–Crippen MR) is 88.6 cm³/mol. The molecule has 1 saturated heterocycles. The summed E-state index contributed by atoms with van der Waals surface area (Å²) in [5, 5.41) is 6.02. The van der Waals surface area contributed by atoms with Gasteiger partial charge in [-0.2, -0.15) is 0 Å². The third kappa shape index (κ3) is 3.72. The van der Waals surface area contributed by atoms with Gasteiger partial charge >= 0.3 is 0 Å². The van der Waals surface area contributed by atoms with Gasteiger partial charge in [0.25, 0.3) is 0 Å². The molecule has 0 aliphatic carbocycles. The van der Waals surface area contributed by atoms with Gasteiger partial charge in [0, 0.05) is 17.6 Å². The Morgan fingerprint density at radius 3 is 2.95 bits per heavy atom. The number of thiazole rings is 1. The predicted octanol–water partition coefficient (Wildman–Crippen LogP) is 2.73. The lowest BCUT2D eigenvalue weighted by Crippen LogP contribution is -2.42. The molecule has 1 aliphatic heterocycles. The summed E-state index contributed by atoms with van der Waals surface area (Å²) < 4.78 is 0. The number of rotatable bonds is 5. The molecule has 2 heterocycles. The van der Waals surface area contributed by atoms with E-state index in [1.54, 1.807) is 11.3 Å². The molecule has 116 valence electrons. The maximum absolute atomic E-state index is 12.5. The maximum atomic E-state index is 12.5. The van der Waals surface area contributed by atoms with Crippen LogP contribution >= 0.6 is 11.3 Å². The van der Waals surface area contributed by atoms with Crippen LogP contribution < -0.4 is 5.32 Å². The van der Waals surface area contributed by atoms with Crippen LogP contribution in [0.1, 0.15) is 29.1 Å². The van der Waals surface area contributed by atoms with Crippen molar-refractivity contribution in [3.63, 3.8) is 0 Å². The van der Waals surface area contributed by atoms with Gasteiger partial charge in [0.2, 0.25) is 5.91 Å². The van der Waals surface area contributed by atoms with Crippen LogP contribution in [0.5, 0.6) is 0 Å². The fourth-order valence-corrected chi connectivity index (χ4v) is 3.61. The number of carbonyl (C=O) groups excluding carboxylic acids is 1. The summed E-state index contributed by atoms with van der Waals surface area (Å²) in [7, 11) is 0. The minimum absolute atomic E-state index is 0.0127. The first-order valence-corrected chi connectivity index (χ1v) is 8.57. The smallest absolute Gasteiger partial charge is 0.237 e. The number of amides is 1. The highest BCUT2D eigenvalue weighted by molar-refractivity contribution is 7.09. The van der Waals surface area contributed by atoms with Crippen LogP contribution in [-0.2, 0) is 17.9 Å². The number of hydrogen-bond acceptors (Lipinski definition) is 4. The zero-order valence-corrected chi connectivity index (χ0v) is 13.6. The number of likely N-dealkylation sites (tertiary alicyclic amines) is 1. The van der Waals surface area contributed by atoms with Crippen molar-refractivity contribution in [2.75, 3.05) is 6.54 Å². The van der Waals surface area contributed by atoms with Crippen molar-refractivity contribution in [2.45, 2.75) is 38.9 Å². The van der Waals surface area contributed by atoms with E-state index in [0.29, 0.717) is 6.54 Å². The average Bonchev–Trinajstić information content (AvgIpc) is 3.15. The summed E-state index contributed by atoms with van der Waals surface area (Å²) in [5.41, 5.74) is 2.28. The Morgan fingerprint density at radius 1 is 1.41 bits per heavy atom. The summed E-state index contributed by atoms with van der Waals surface area (Å²) in [6, 6.07) is 10.3. The Morgan fingerprint density at radius 2 is 2.23 bits per heavy atom. The van der Waals surface area contributed by atoms with Crippen LogP contribution in [0.2, 0.25) is 0 Å². The van der Waals surface area contributed by atoms with Gasteiger partial charge in [-0.05, 0) is 31.9 Å². The number of nitrogens with one attached hydrogen (secondary N) is 1. The molecule has 0 unspecified atom stereocenters. The van der Waals surface area contributed by atoms with Crippen molar-refractivity contribution >= 4 is 17.2 Å². The van der Waals surface area contributed by atoms with Gasteiger partial charge < -0.3 is 5.32 Å². The fraction of sp³-hybridized carbons (Fsp3) is 0.412. The molecule has 22 heavy (non-hydrogen) atoms. The minimum atomic E-state index is -0.0127. The third-order valence-corrected chi connectivity index (χ3v) is 4.94. The summed E-state index contributed by atoms with van der Waals surface area (Å²) in [6.07, 6.45) is 2.02. The average molecular weight is 315 g/mol. The highest BCUT2D eigenvalue weighted by atomic mass is 32.1. The largest absolute Gasteiger partial charge is 0.348 e. The Kier molecular flexibility index (Phi) is 4.85. The fourth-order valence-electron chi connectivity index (χ4n) is 2.89. The van der Waals surface area contributed by atoms with Crippen molar-refractivity contribution in [2.24, 2.45) is 0 Å². The maximum Gasteiger partial charge on any atom is 0.237 e. The molecular formula is C17H21N3OS. The molecule has 0 radical (unpaired) electrons. The normalized spacial score (nSPS) is 18.5. The lowest BCUT2D eigenvalue weighted by Gasteiger charge is -2.23. The quantitative estimate of drug-likeness (QED) is 0.923. The molecule has 1 fully saturated rings. The lowest BCUT2D eigenvalue weighted by atomic mass is 10.1. The van der Waals surface area contributed by atoms with Gasteiger partial charge in [-0.1, -0.05) is 30.3 Å². The van der Waals surface area contributed by atoms with E-state index < -0.39 is 0 Å². The van der Waals surface area contributed by atoms with Crippen molar-refractivity contribution in [3.8, 4) is 0 Å². The molecule has 0 saturated carbocycles. The Balaban J connectivity index is 1.56. The molecule has 5 heteroatoms. The van der Waals surface area contributed by atoms with Gasteiger partial charge in [-0.3, -0.25) is 9.69 Å². The van der Waals surface area contributed by atoms with Crippen LogP contribution in [0, 0.1) is 6.92 Å². The molecule has 3 rings (SSSR count). The van der Waals surface area contributed by atoms with Gasteiger partial charge in [0.15, 0.2) is 0 Å². The SMILES string of the molecule is Cc1csc(CNC(=O)[C@H]2CCCN2Cc2ccccc2)n1. The second-order valence-corrected chi connectivity index (χ2v) is 6.66. The van der Waals surface area contributed by atoms with Crippen molar-refractivity contribution in [1.29, 1.82) is 0 Å². The second kappa shape index (κ2) is 7.03. The van der Waals surface area contributed by atoms with E-state index in [1.165, 1.54) is 5.56 Å². The van der Waals surface area contributed by atoms with Crippen LogP contribution in [0.3, 0.4) is 0 Å². The van der Waals surface area contributed by atoms with E-state index >= 15 is 0 Å². The van der Waals surface area contributed by atoms with Crippen molar-refractivity contribution in [1.82, 2.24) is 15.2 Å². The van der Waals surface area contributed by atoms with Gasteiger partial charge in [-0.15, -0.1) is 11.3 Å². The van der Waals surface area contributed by atoms with Crippen molar-refractivity contribution in [3.05, 3.63) is 52.0 Å². The topological polar surface area (TPSA) is 45.2 Å². The molecule has 1 aromatic heterocycles. The summed E-state index contributed by atoms with van der Waals surface area (Å²) in [4.78, 5) is 19.1. The van der Waals surface area contributed by atoms with E-state index in [0.717, 1.165) is 36.6 Å². The first kappa shape index (κ1) is 15.2. The molecule has 0 bridgehead atoms. The van der Waals surface area contributed by atoms with E-state index in [-0.39, 0.29) is 11.9 Å². The molecule has 0 spiro atoms. The standard InChI is InChI=1S/C17H21N3OS/c1-13-12-22-16(19-13)10-18-17(21)15-8-5-9-20(15)11-14-6-3-2-4-7-14/h2-4,6-7,12,15H,5,8-11H2,1H3,(H,18,21)/t15-/m1/s1. The highest BCUT2D eigenvalue weighted by Crippen LogP contribution is 2.20. The molecule has 1 N–H and O–H groups in total. The number of carbonyl (C=O) groups is 1. The minimum Gasteiger partial charge on any atom is -0.348 e. The molecule has 4 nitrogen and oxygen atoms in total. The molecule has 1 amide bonds. The lowest BCUT2D eigenvalue weighted by molar-refractivity contribution is -0.125. The monoisotopic (exact) mass is 315 g/mol. The van der Waals surface area contributed by atoms with Crippen molar-refractivity contribution < 1.29 is 4.79 Å². The Labute approximate surface area is 135 Å². The van der Waals surface area contributed by atoms with Gasteiger partial charge in [0.1, 0.15) is 5.01 Å². The van der Waals surface area contributed by atoms with Crippen LogP contribution in [0.4, 0.5) is 0 Å².